The summed E-state index contributed by atoms with van der Waals surface area (Å²) >= 11 is 0. The zero-order valence-corrected chi connectivity index (χ0v) is 13.5. The van der Waals surface area contributed by atoms with Gasteiger partial charge >= 0.3 is 5.69 Å². The molecule has 3 N–H and O–H groups in total. The van der Waals surface area contributed by atoms with Crippen molar-refractivity contribution in [2.75, 3.05) is 11.9 Å². The zero-order valence-electron chi connectivity index (χ0n) is 13.5. The van der Waals surface area contributed by atoms with Gasteiger partial charge in [-0.15, -0.1) is 0 Å². The molecule has 3 amide bonds. The number of imidazole rings is 1. The number of rotatable bonds is 3. The first-order valence-corrected chi connectivity index (χ1v) is 8.40. The molecule has 1 aromatic carbocycles. The molecule has 2 aliphatic rings. The van der Waals surface area contributed by atoms with E-state index in [1.54, 1.807) is 18.2 Å². The molecule has 1 aliphatic carbocycles. The minimum Gasteiger partial charge on any atom is -0.324 e. The highest BCUT2D eigenvalue weighted by Crippen LogP contribution is 2.37. The molecule has 1 aliphatic heterocycles. The van der Waals surface area contributed by atoms with Crippen LogP contribution in [0.1, 0.15) is 25.7 Å². The average Bonchev–Trinajstić information content (AvgIpc) is 3.07. The summed E-state index contributed by atoms with van der Waals surface area (Å²) < 4.78 is 0. The van der Waals surface area contributed by atoms with E-state index in [2.05, 4.69) is 15.3 Å². The number of carbonyl (C=O) groups excluding carboxylic acids is 3. The number of aromatic amines is 2. The second-order valence-electron chi connectivity index (χ2n) is 6.65. The third kappa shape index (κ3) is 2.73. The summed E-state index contributed by atoms with van der Waals surface area (Å²) in [5, 5.41) is 2.67. The maximum Gasteiger partial charge on any atom is 0.323 e. The lowest BCUT2D eigenvalue weighted by molar-refractivity contribution is -0.142. The highest BCUT2D eigenvalue weighted by Gasteiger charge is 2.48. The lowest BCUT2D eigenvalue weighted by Crippen LogP contribution is -2.38. The van der Waals surface area contributed by atoms with Gasteiger partial charge in [-0.25, -0.2) is 4.79 Å². The molecule has 8 nitrogen and oxygen atoms in total. The highest BCUT2D eigenvalue weighted by molar-refractivity contribution is 6.08. The molecule has 0 radical (unpaired) electrons. The third-order valence-corrected chi connectivity index (χ3v) is 5.03. The van der Waals surface area contributed by atoms with Gasteiger partial charge in [-0.1, -0.05) is 12.8 Å². The van der Waals surface area contributed by atoms with Gasteiger partial charge in [0.1, 0.15) is 6.54 Å². The van der Waals surface area contributed by atoms with Crippen molar-refractivity contribution in [3.8, 4) is 0 Å². The van der Waals surface area contributed by atoms with Gasteiger partial charge in [0.05, 0.1) is 22.9 Å². The van der Waals surface area contributed by atoms with E-state index >= 15 is 0 Å². The molecule has 8 heteroatoms. The molecule has 130 valence electrons. The Balaban J connectivity index is 1.46. The summed E-state index contributed by atoms with van der Waals surface area (Å²) in [6.07, 6.45) is 3.36. The van der Waals surface area contributed by atoms with Crippen LogP contribution in [0.15, 0.2) is 23.0 Å². The largest absolute Gasteiger partial charge is 0.324 e. The molecule has 2 heterocycles. The van der Waals surface area contributed by atoms with Crippen molar-refractivity contribution in [3.63, 3.8) is 0 Å². The van der Waals surface area contributed by atoms with Gasteiger partial charge in [0.25, 0.3) is 0 Å². The van der Waals surface area contributed by atoms with E-state index in [9.17, 15) is 19.2 Å². The van der Waals surface area contributed by atoms with Crippen LogP contribution in [-0.4, -0.2) is 39.1 Å². The van der Waals surface area contributed by atoms with Gasteiger partial charge in [-0.05, 0) is 31.0 Å². The number of H-pyrrole nitrogens is 2. The number of likely N-dealkylation sites (tertiary alicyclic amines) is 1. The number of imide groups is 1. The van der Waals surface area contributed by atoms with Crippen LogP contribution in [-0.2, 0) is 14.4 Å². The van der Waals surface area contributed by atoms with Crippen LogP contribution in [0.25, 0.3) is 11.0 Å². The van der Waals surface area contributed by atoms with Crippen LogP contribution in [0.3, 0.4) is 0 Å². The first-order chi connectivity index (χ1) is 12.0. The van der Waals surface area contributed by atoms with Crippen molar-refractivity contribution in [2.45, 2.75) is 25.7 Å². The molecule has 1 saturated carbocycles. The molecule has 0 unspecified atom stereocenters. The standard InChI is InChI=1S/C17H18N4O4/c22-14(18-9-5-6-12-13(7-9)20-17(25)19-12)8-21-15(23)10-3-1-2-4-11(10)16(21)24/h5-7,10-11H,1-4,8H2,(H,18,22)(H2,19,20,25)/t10-,11-/m1/s1. The Morgan fingerprint density at radius 3 is 2.36 bits per heavy atom. The first-order valence-electron chi connectivity index (χ1n) is 8.40. The van der Waals surface area contributed by atoms with Crippen LogP contribution in [0, 0.1) is 11.8 Å². The van der Waals surface area contributed by atoms with Gasteiger partial charge in [-0.3, -0.25) is 19.3 Å². The smallest absolute Gasteiger partial charge is 0.323 e. The van der Waals surface area contributed by atoms with Gasteiger partial charge < -0.3 is 15.3 Å². The molecular formula is C17H18N4O4. The Kier molecular flexibility index (Phi) is 3.67. The van der Waals surface area contributed by atoms with Crippen molar-refractivity contribution in [3.05, 3.63) is 28.7 Å². The third-order valence-electron chi connectivity index (χ3n) is 5.03. The van der Waals surface area contributed by atoms with Crippen molar-refractivity contribution in [1.82, 2.24) is 14.9 Å². The molecule has 0 spiro atoms. The number of anilines is 1. The Morgan fingerprint density at radius 2 is 1.68 bits per heavy atom. The number of hydrogen-bond donors (Lipinski definition) is 3. The summed E-state index contributed by atoms with van der Waals surface area (Å²) in [6.45, 7) is -0.271. The quantitative estimate of drug-likeness (QED) is 0.721. The van der Waals surface area contributed by atoms with E-state index in [0.29, 0.717) is 16.7 Å². The van der Waals surface area contributed by atoms with Gasteiger partial charge in [0, 0.05) is 5.69 Å². The maximum absolute atomic E-state index is 12.4. The van der Waals surface area contributed by atoms with E-state index < -0.39 is 5.91 Å². The lowest BCUT2D eigenvalue weighted by Gasteiger charge is -2.19. The van der Waals surface area contributed by atoms with E-state index in [0.717, 1.165) is 30.6 Å². The molecule has 0 bridgehead atoms. The van der Waals surface area contributed by atoms with E-state index in [-0.39, 0.29) is 35.9 Å². The molecule has 4 rings (SSSR count). The van der Waals surface area contributed by atoms with Crippen molar-refractivity contribution in [1.29, 1.82) is 0 Å². The number of amides is 3. The summed E-state index contributed by atoms with van der Waals surface area (Å²) in [5.74, 6) is -1.39. The zero-order chi connectivity index (χ0) is 17.6. The van der Waals surface area contributed by atoms with Gasteiger partial charge in [-0.2, -0.15) is 0 Å². The fraction of sp³-hybridized carbons (Fsp3) is 0.412. The van der Waals surface area contributed by atoms with Crippen LogP contribution in [0.4, 0.5) is 5.69 Å². The summed E-state index contributed by atoms with van der Waals surface area (Å²) in [6, 6.07) is 4.94. The van der Waals surface area contributed by atoms with Crippen molar-refractivity contribution >= 4 is 34.4 Å². The fourth-order valence-electron chi connectivity index (χ4n) is 3.84. The minimum absolute atomic E-state index is 0.227. The second-order valence-corrected chi connectivity index (χ2v) is 6.65. The topological polar surface area (TPSA) is 115 Å². The van der Waals surface area contributed by atoms with Crippen molar-refractivity contribution in [2.24, 2.45) is 11.8 Å². The Labute approximate surface area is 142 Å². The van der Waals surface area contributed by atoms with Crippen LogP contribution >= 0.6 is 0 Å². The van der Waals surface area contributed by atoms with Crippen LogP contribution in [0.5, 0.6) is 0 Å². The number of carbonyl (C=O) groups is 3. The Hall–Kier alpha value is -2.90. The highest BCUT2D eigenvalue weighted by atomic mass is 16.2. The van der Waals surface area contributed by atoms with E-state index in [4.69, 9.17) is 0 Å². The Bertz CT molecular complexity index is 904. The summed E-state index contributed by atoms with van der Waals surface area (Å²) in [4.78, 5) is 54.6. The molecule has 1 saturated heterocycles. The molecule has 1 aromatic heterocycles. The van der Waals surface area contributed by atoms with E-state index in [1.807, 2.05) is 0 Å². The minimum atomic E-state index is -0.433. The normalized spacial score (nSPS) is 23.1. The maximum atomic E-state index is 12.4. The van der Waals surface area contributed by atoms with Crippen LogP contribution < -0.4 is 11.0 Å². The fourth-order valence-corrected chi connectivity index (χ4v) is 3.84. The number of aromatic nitrogens is 2. The number of benzene rings is 1. The first kappa shape index (κ1) is 15.6. The predicted octanol–water partition coefficient (Wildman–Crippen LogP) is 0.970. The number of nitrogens with one attached hydrogen (secondary N) is 3. The predicted molar refractivity (Wildman–Crippen MR) is 89.7 cm³/mol. The molecule has 2 fully saturated rings. The van der Waals surface area contributed by atoms with Gasteiger partial charge in [0.2, 0.25) is 17.7 Å². The summed E-state index contributed by atoms with van der Waals surface area (Å²) in [7, 11) is 0. The van der Waals surface area contributed by atoms with E-state index in [1.165, 1.54) is 0 Å². The van der Waals surface area contributed by atoms with Gasteiger partial charge in [0.15, 0.2) is 0 Å². The van der Waals surface area contributed by atoms with Crippen LogP contribution in [0.2, 0.25) is 0 Å². The monoisotopic (exact) mass is 342 g/mol. The second kappa shape index (κ2) is 5.87. The molecule has 2 atom stereocenters. The number of nitrogens with zero attached hydrogens (tertiary/aromatic N) is 1. The molecular weight excluding hydrogens is 324 g/mol. The molecule has 2 aromatic rings. The Morgan fingerprint density at radius 1 is 1.04 bits per heavy atom. The van der Waals surface area contributed by atoms with Crippen molar-refractivity contribution < 1.29 is 14.4 Å². The average molecular weight is 342 g/mol. The number of hydrogen-bond acceptors (Lipinski definition) is 4. The molecule has 25 heavy (non-hydrogen) atoms. The summed E-state index contributed by atoms with van der Waals surface area (Å²) in [5.41, 5.74) is 1.37. The lowest BCUT2D eigenvalue weighted by atomic mass is 9.81. The number of fused-ring (bicyclic) bond motifs is 2. The SMILES string of the molecule is O=C(CN1C(=O)[C@@H]2CCCC[C@H]2C1=O)Nc1ccc2[nH]c(=O)[nH]c2c1.